The van der Waals surface area contributed by atoms with Crippen LogP contribution in [0.5, 0.6) is 5.75 Å². The van der Waals surface area contributed by atoms with Crippen LogP contribution in [0.4, 0.5) is 5.69 Å². The lowest BCUT2D eigenvalue weighted by Gasteiger charge is -2.10. The molecule has 0 spiro atoms. The van der Waals surface area contributed by atoms with Gasteiger partial charge in [0.1, 0.15) is 5.75 Å². The first-order chi connectivity index (χ1) is 10.1. The van der Waals surface area contributed by atoms with E-state index in [4.69, 9.17) is 9.47 Å². The summed E-state index contributed by atoms with van der Waals surface area (Å²) in [5, 5.41) is 11.1. The highest BCUT2D eigenvalue weighted by Gasteiger charge is 2.21. The van der Waals surface area contributed by atoms with E-state index < -0.39 is 10.9 Å². The maximum atomic E-state index is 11.9. The van der Waals surface area contributed by atoms with Crippen molar-refractivity contribution in [3.05, 3.63) is 58.1 Å². The normalized spacial score (nSPS) is 10.0. The van der Waals surface area contributed by atoms with Gasteiger partial charge in [-0.15, -0.1) is 0 Å². The van der Waals surface area contributed by atoms with E-state index in [1.807, 2.05) is 0 Å². The molecule has 2 aromatic rings. The van der Waals surface area contributed by atoms with Crippen LogP contribution >= 0.6 is 0 Å². The molecule has 0 N–H and O–H groups in total. The molecule has 0 saturated carbocycles. The van der Waals surface area contributed by atoms with Crippen molar-refractivity contribution in [3.63, 3.8) is 0 Å². The number of nitro benzene ring substituents is 1. The fraction of sp³-hybridized carbons (Fsp3) is 0.133. The summed E-state index contributed by atoms with van der Waals surface area (Å²) in [6.07, 6.45) is 0. The first kappa shape index (κ1) is 14.5. The minimum atomic E-state index is -0.581. The van der Waals surface area contributed by atoms with Crippen LogP contribution in [-0.4, -0.2) is 25.1 Å². The molecule has 0 unspecified atom stereocenters. The predicted octanol–water partition coefficient (Wildman–Crippen LogP) is 3.06. The van der Waals surface area contributed by atoms with Crippen LogP contribution in [0.25, 0.3) is 11.1 Å². The average molecular weight is 287 g/mol. The maximum Gasteiger partial charge on any atom is 0.338 e. The SMILES string of the molecule is COC(=O)c1cc(OC)ccc1-c1ccccc1[N+](=O)[O-]. The minimum Gasteiger partial charge on any atom is -0.497 e. The highest BCUT2D eigenvalue weighted by molar-refractivity contribution is 5.99. The van der Waals surface area contributed by atoms with Crippen molar-refractivity contribution < 1.29 is 19.2 Å². The van der Waals surface area contributed by atoms with Gasteiger partial charge in [-0.1, -0.05) is 12.1 Å². The number of nitrogens with zero attached hydrogens (tertiary/aromatic N) is 1. The van der Waals surface area contributed by atoms with Crippen LogP contribution in [0.1, 0.15) is 10.4 Å². The van der Waals surface area contributed by atoms with Gasteiger partial charge >= 0.3 is 5.97 Å². The van der Waals surface area contributed by atoms with E-state index in [1.54, 1.807) is 30.3 Å². The smallest absolute Gasteiger partial charge is 0.338 e. The number of para-hydroxylation sites is 1. The van der Waals surface area contributed by atoms with Gasteiger partial charge in [0, 0.05) is 11.6 Å². The first-order valence-electron chi connectivity index (χ1n) is 6.08. The zero-order chi connectivity index (χ0) is 15.4. The number of carbonyl (C=O) groups is 1. The lowest BCUT2D eigenvalue weighted by Crippen LogP contribution is -2.05. The van der Waals surface area contributed by atoms with Crippen molar-refractivity contribution in [1.29, 1.82) is 0 Å². The van der Waals surface area contributed by atoms with E-state index in [0.29, 0.717) is 16.9 Å². The fourth-order valence-corrected chi connectivity index (χ4v) is 2.02. The summed E-state index contributed by atoms with van der Waals surface area (Å²) in [6.45, 7) is 0. The van der Waals surface area contributed by atoms with E-state index in [-0.39, 0.29) is 11.3 Å². The number of carbonyl (C=O) groups excluding carboxylic acids is 1. The van der Waals surface area contributed by atoms with Crippen molar-refractivity contribution in [2.45, 2.75) is 0 Å². The van der Waals surface area contributed by atoms with Crippen molar-refractivity contribution in [2.75, 3.05) is 14.2 Å². The van der Waals surface area contributed by atoms with Crippen LogP contribution in [0.2, 0.25) is 0 Å². The quantitative estimate of drug-likeness (QED) is 0.490. The molecule has 6 nitrogen and oxygen atoms in total. The molecule has 0 aromatic heterocycles. The highest BCUT2D eigenvalue weighted by atomic mass is 16.6. The van der Waals surface area contributed by atoms with Gasteiger partial charge in [-0.25, -0.2) is 4.79 Å². The molecular formula is C15H13NO5. The Morgan fingerprint density at radius 2 is 1.81 bits per heavy atom. The molecule has 0 atom stereocenters. The van der Waals surface area contributed by atoms with Crippen molar-refractivity contribution in [1.82, 2.24) is 0 Å². The van der Waals surface area contributed by atoms with Crippen LogP contribution in [-0.2, 0) is 4.74 Å². The van der Waals surface area contributed by atoms with Gasteiger partial charge in [0.15, 0.2) is 0 Å². The number of benzene rings is 2. The number of hydrogen-bond donors (Lipinski definition) is 0. The topological polar surface area (TPSA) is 78.7 Å². The summed E-state index contributed by atoms with van der Waals surface area (Å²) in [5.74, 6) is -0.111. The van der Waals surface area contributed by atoms with Gasteiger partial charge in [0.2, 0.25) is 0 Å². The van der Waals surface area contributed by atoms with Crippen molar-refractivity contribution in [2.24, 2.45) is 0 Å². The van der Waals surface area contributed by atoms with Crippen LogP contribution in [0, 0.1) is 10.1 Å². The molecule has 0 amide bonds. The van der Waals surface area contributed by atoms with Gasteiger partial charge in [-0.3, -0.25) is 10.1 Å². The molecule has 0 radical (unpaired) electrons. The lowest BCUT2D eigenvalue weighted by molar-refractivity contribution is -0.384. The molecule has 2 aromatic carbocycles. The molecule has 6 heteroatoms. The zero-order valence-corrected chi connectivity index (χ0v) is 11.5. The number of esters is 1. The summed E-state index contributed by atoms with van der Waals surface area (Å²) in [5.41, 5.74) is 0.916. The van der Waals surface area contributed by atoms with Gasteiger partial charge < -0.3 is 9.47 Å². The second-order valence-corrected chi connectivity index (χ2v) is 4.18. The Labute approximate surface area is 121 Å². The molecule has 21 heavy (non-hydrogen) atoms. The third kappa shape index (κ3) is 2.84. The summed E-state index contributed by atoms with van der Waals surface area (Å²) < 4.78 is 9.81. The second kappa shape index (κ2) is 6.04. The largest absolute Gasteiger partial charge is 0.497 e. The third-order valence-corrected chi connectivity index (χ3v) is 3.02. The van der Waals surface area contributed by atoms with Crippen LogP contribution in [0.3, 0.4) is 0 Å². The monoisotopic (exact) mass is 287 g/mol. The predicted molar refractivity (Wildman–Crippen MR) is 76.4 cm³/mol. The molecular weight excluding hydrogens is 274 g/mol. The molecule has 0 heterocycles. The Morgan fingerprint density at radius 1 is 1.10 bits per heavy atom. The molecule has 2 rings (SSSR count). The van der Waals surface area contributed by atoms with Gasteiger partial charge in [0.25, 0.3) is 5.69 Å². The molecule has 0 aliphatic rings. The number of methoxy groups -OCH3 is 2. The Bertz CT molecular complexity index is 696. The van der Waals surface area contributed by atoms with Crippen molar-refractivity contribution in [3.8, 4) is 16.9 Å². The number of nitro groups is 1. The highest BCUT2D eigenvalue weighted by Crippen LogP contribution is 2.34. The third-order valence-electron chi connectivity index (χ3n) is 3.02. The molecule has 108 valence electrons. The lowest BCUT2D eigenvalue weighted by atomic mass is 9.98. The van der Waals surface area contributed by atoms with Gasteiger partial charge in [-0.05, 0) is 24.3 Å². The summed E-state index contributed by atoms with van der Waals surface area (Å²) in [6, 6.07) is 11.0. The van der Waals surface area contributed by atoms with E-state index in [2.05, 4.69) is 0 Å². The van der Waals surface area contributed by atoms with E-state index in [1.165, 1.54) is 26.4 Å². The molecule has 0 fully saturated rings. The van der Waals surface area contributed by atoms with Crippen LogP contribution in [0.15, 0.2) is 42.5 Å². The van der Waals surface area contributed by atoms with E-state index in [0.717, 1.165) is 0 Å². The number of rotatable bonds is 4. The average Bonchev–Trinajstić information content (AvgIpc) is 2.53. The van der Waals surface area contributed by atoms with Gasteiger partial charge in [0.05, 0.1) is 30.3 Å². The summed E-state index contributed by atoms with van der Waals surface area (Å²) in [7, 11) is 2.73. The fourth-order valence-electron chi connectivity index (χ4n) is 2.02. The van der Waals surface area contributed by atoms with E-state index in [9.17, 15) is 14.9 Å². The van der Waals surface area contributed by atoms with Crippen molar-refractivity contribution >= 4 is 11.7 Å². The Hall–Kier alpha value is -2.89. The molecule has 0 aliphatic carbocycles. The Balaban J connectivity index is 2.69. The Morgan fingerprint density at radius 3 is 2.43 bits per heavy atom. The standard InChI is InChI=1S/C15H13NO5/c1-20-10-7-8-11(13(9-10)15(17)21-2)12-5-3-4-6-14(12)16(18)19/h3-9H,1-2H3. The van der Waals surface area contributed by atoms with E-state index >= 15 is 0 Å². The Kier molecular flexibility index (Phi) is 4.18. The zero-order valence-electron chi connectivity index (χ0n) is 11.5. The maximum absolute atomic E-state index is 11.9. The molecule has 0 bridgehead atoms. The van der Waals surface area contributed by atoms with Gasteiger partial charge in [-0.2, -0.15) is 0 Å². The molecule has 0 saturated heterocycles. The minimum absolute atomic E-state index is 0.0761. The number of ether oxygens (including phenoxy) is 2. The van der Waals surface area contributed by atoms with Crippen LogP contribution < -0.4 is 4.74 Å². The summed E-state index contributed by atoms with van der Waals surface area (Å²) >= 11 is 0. The number of hydrogen-bond acceptors (Lipinski definition) is 5. The molecule has 0 aliphatic heterocycles. The summed E-state index contributed by atoms with van der Waals surface area (Å²) in [4.78, 5) is 22.6. The first-order valence-corrected chi connectivity index (χ1v) is 6.08. The second-order valence-electron chi connectivity index (χ2n) is 4.18.